The Bertz CT molecular complexity index is 488. The molecule has 1 aliphatic rings. The van der Waals surface area contributed by atoms with Crippen LogP contribution in [0.15, 0.2) is 12.1 Å². The van der Waals surface area contributed by atoms with Gasteiger partial charge >= 0.3 is 0 Å². The lowest BCUT2D eigenvalue weighted by Gasteiger charge is -2.17. The summed E-state index contributed by atoms with van der Waals surface area (Å²) in [7, 11) is 0. The van der Waals surface area contributed by atoms with E-state index in [2.05, 4.69) is 19.2 Å². The highest BCUT2D eigenvalue weighted by Gasteiger charge is 2.24. The first-order valence-corrected chi connectivity index (χ1v) is 6.32. The van der Waals surface area contributed by atoms with E-state index in [1.807, 2.05) is 6.92 Å². The summed E-state index contributed by atoms with van der Waals surface area (Å²) in [6.45, 7) is 6.35. The van der Waals surface area contributed by atoms with Gasteiger partial charge in [-0.3, -0.25) is 10.1 Å². The summed E-state index contributed by atoms with van der Waals surface area (Å²) in [5.74, 6) is 1.49. The van der Waals surface area contributed by atoms with Gasteiger partial charge in [-0.2, -0.15) is 0 Å². The number of nitro benzene ring substituents is 1. The third-order valence-electron chi connectivity index (χ3n) is 2.91. The van der Waals surface area contributed by atoms with Crippen LogP contribution in [0.3, 0.4) is 0 Å². The van der Waals surface area contributed by atoms with Crippen LogP contribution in [0.5, 0.6) is 11.5 Å². The molecule has 0 amide bonds. The Morgan fingerprint density at radius 2 is 1.95 bits per heavy atom. The number of hydrogen-bond acceptors (Lipinski definition) is 5. The molecule has 1 N–H and O–H groups in total. The number of rotatable bonds is 5. The smallest absolute Gasteiger partial charge is 0.296 e. The van der Waals surface area contributed by atoms with Gasteiger partial charge < -0.3 is 14.8 Å². The second-order valence-electron chi connectivity index (χ2n) is 5.15. The van der Waals surface area contributed by atoms with Crippen molar-refractivity contribution in [2.24, 2.45) is 5.92 Å². The van der Waals surface area contributed by atoms with Crippen LogP contribution in [-0.4, -0.2) is 17.8 Å². The lowest BCUT2D eigenvalue weighted by Crippen LogP contribution is -2.18. The number of ether oxygens (including phenoxy) is 2. The number of nitrogens with zero attached hydrogens (tertiary/aromatic N) is 1. The second-order valence-corrected chi connectivity index (χ2v) is 5.15. The van der Waals surface area contributed by atoms with Crippen LogP contribution in [0.2, 0.25) is 0 Å². The fourth-order valence-corrected chi connectivity index (χ4v) is 2.23. The average molecular weight is 266 g/mol. The molecule has 0 aliphatic carbocycles. The van der Waals surface area contributed by atoms with Gasteiger partial charge in [0.15, 0.2) is 11.5 Å². The quantitative estimate of drug-likeness (QED) is 0.654. The van der Waals surface area contributed by atoms with Gasteiger partial charge in [-0.05, 0) is 19.3 Å². The summed E-state index contributed by atoms with van der Waals surface area (Å²) in [5.41, 5.74) is 0.488. The topological polar surface area (TPSA) is 73.6 Å². The molecule has 6 heteroatoms. The van der Waals surface area contributed by atoms with Crippen LogP contribution < -0.4 is 14.8 Å². The molecule has 6 nitrogen and oxygen atoms in total. The first-order valence-electron chi connectivity index (χ1n) is 6.32. The Morgan fingerprint density at radius 3 is 2.53 bits per heavy atom. The SMILES string of the molecule is CC(C)CC(C)Nc1cc2c(cc1[N+](=O)[O-])OCO2. The first kappa shape index (κ1) is 13.5. The van der Waals surface area contributed by atoms with Crippen LogP contribution in [0.25, 0.3) is 0 Å². The molecule has 0 aromatic heterocycles. The van der Waals surface area contributed by atoms with Crippen molar-refractivity contribution in [3.8, 4) is 11.5 Å². The van der Waals surface area contributed by atoms with E-state index in [0.29, 0.717) is 23.1 Å². The van der Waals surface area contributed by atoms with Crippen molar-refractivity contribution >= 4 is 11.4 Å². The van der Waals surface area contributed by atoms with Gasteiger partial charge in [0.05, 0.1) is 11.0 Å². The molecule has 1 heterocycles. The summed E-state index contributed by atoms with van der Waals surface area (Å²) in [4.78, 5) is 10.7. The molecule has 0 fully saturated rings. The molecular weight excluding hydrogens is 248 g/mol. The highest BCUT2D eigenvalue weighted by molar-refractivity contribution is 5.69. The highest BCUT2D eigenvalue weighted by Crippen LogP contribution is 2.40. The van der Waals surface area contributed by atoms with Gasteiger partial charge in [-0.1, -0.05) is 13.8 Å². The molecule has 2 rings (SSSR count). The van der Waals surface area contributed by atoms with Gasteiger partial charge in [0.1, 0.15) is 5.69 Å². The summed E-state index contributed by atoms with van der Waals surface area (Å²) in [5, 5.41) is 14.3. The highest BCUT2D eigenvalue weighted by atomic mass is 16.7. The molecule has 0 saturated heterocycles. The maximum atomic E-state index is 11.1. The molecule has 1 atom stereocenters. The zero-order valence-corrected chi connectivity index (χ0v) is 11.3. The summed E-state index contributed by atoms with van der Waals surface area (Å²) < 4.78 is 10.4. The van der Waals surface area contributed by atoms with E-state index in [-0.39, 0.29) is 18.5 Å². The molecule has 0 bridgehead atoms. The Morgan fingerprint density at radius 1 is 1.32 bits per heavy atom. The third-order valence-corrected chi connectivity index (χ3v) is 2.91. The fourth-order valence-electron chi connectivity index (χ4n) is 2.23. The summed E-state index contributed by atoms with van der Waals surface area (Å²) >= 11 is 0. The molecule has 0 spiro atoms. The zero-order chi connectivity index (χ0) is 14.0. The normalized spacial score (nSPS) is 14.5. The number of nitrogens with one attached hydrogen (secondary N) is 1. The molecular formula is C13H18N2O4. The minimum absolute atomic E-state index is 0.0138. The minimum atomic E-state index is -0.410. The van der Waals surface area contributed by atoms with Crippen LogP contribution in [-0.2, 0) is 0 Å². The lowest BCUT2D eigenvalue weighted by atomic mass is 10.0. The maximum Gasteiger partial charge on any atom is 0.296 e. The van der Waals surface area contributed by atoms with E-state index in [1.165, 1.54) is 6.07 Å². The van der Waals surface area contributed by atoms with E-state index in [4.69, 9.17) is 9.47 Å². The van der Waals surface area contributed by atoms with E-state index in [9.17, 15) is 10.1 Å². The van der Waals surface area contributed by atoms with Crippen molar-refractivity contribution in [1.29, 1.82) is 0 Å². The first-order chi connectivity index (χ1) is 8.97. The third kappa shape index (κ3) is 3.07. The van der Waals surface area contributed by atoms with Crippen LogP contribution in [0.4, 0.5) is 11.4 Å². The Balaban J connectivity index is 2.25. The molecule has 0 radical (unpaired) electrons. The van der Waals surface area contributed by atoms with Crippen molar-refractivity contribution in [2.45, 2.75) is 33.2 Å². The summed E-state index contributed by atoms with van der Waals surface area (Å²) in [6.07, 6.45) is 0.936. The Hall–Kier alpha value is -1.98. The monoisotopic (exact) mass is 266 g/mol. The molecule has 1 aromatic rings. The number of hydrogen-bond donors (Lipinski definition) is 1. The largest absolute Gasteiger partial charge is 0.454 e. The predicted molar refractivity (Wildman–Crippen MR) is 71.8 cm³/mol. The standard InChI is InChI=1S/C13H18N2O4/c1-8(2)4-9(3)14-10-5-12-13(19-7-18-12)6-11(10)15(16)17/h5-6,8-9,14H,4,7H2,1-3H3. The van der Waals surface area contributed by atoms with E-state index >= 15 is 0 Å². The van der Waals surface area contributed by atoms with Gasteiger partial charge in [-0.25, -0.2) is 0 Å². The van der Waals surface area contributed by atoms with Crippen LogP contribution >= 0.6 is 0 Å². The Kier molecular flexibility index (Phi) is 3.78. The molecule has 1 aliphatic heterocycles. The molecule has 1 aromatic carbocycles. The van der Waals surface area contributed by atoms with Crippen molar-refractivity contribution in [2.75, 3.05) is 12.1 Å². The fraction of sp³-hybridized carbons (Fsp3) is 0.538. The van der Waals surface area contributed by atoms with Crippen molar-refractivity contribution in [3.05, 3.63) is 22.2 Å². The average Bonchev–Trinajstić information content (AvgIpc) is 2.73. The second kappa shape index (κ2) is 5.34. The molecule has 1 unspecified atom stereocenters. The van der Waals surface area contributed by atoms with E-state index in [0.717, 1.165) is 6.42 Å². The molecule has 104 valence electrons. The van der Waals surface area contributed by atoms with E-state index < -0.39 is 4.92 Å². The van der Waals surface area contributed by atoms with Crippen LogP contribution in [0, 0.1) is 16.0 Å². The Labute approximate surface area is 111 Å². The van der Waals surface area contributed by atoms with Crippen molar-refractivity contribution in [1.82, 2.24) is 0 Å². The zero-order valence-electron chi connectivity index (χ0n) is 11.3. The number of anilines is 1. The van der Waals surface area contributed by atoms with E-state index in [1.54, 1.807) is 6.07 Å². The number of nitro groups is 1. The van der Waals surface area contributed by atoms with Gasteiger partial charge in [0.25, 0.3) is 5.69 Å². The predicted octanol–water partition coefficient (Wildman–Crippen LogP) is 3.17. The molecule has 0 saturated carbocycles. The maximum absolute atomic E-state index is 11.1. The number of benzene rings is 1. The van der Waals surface area contributed by atoms with Gasteiger partial charge in [-0.15, -0.1) is 0 Å². The van der Waals surface area contributed by atoms with Gasteiger partial charge in [0.2, 0.25) is 6.79 Å². The minimum Gasteiger partial charge on any atom is -0.454 e. The summed E-state index contributed by atoms with van der Waals surface area (Å²) in [6, 6.07) is 3.20. The number of fused-ring (bicyclic) bond motifs is 1. The van der Waals surface area contributed by atoms with Crippen molar-refractivity contribution in [3.63, 3.8) is 0 Å². The lowest BCUT2D eigenvalue weighted by molar-refractivity contribution is -0.384. The van der Waals surface area contributed by atoms with Gasteiger partial charge in [0, 0.05) is 12.1 Å². The molecule has 19 heavy (non-hydrogen) atoms. The van der Waals surface area contributed by atoms with Crippen LogP contribution in [0.1, 0.15) is 27.2 Å². The van der Waals surface area contributed by atoms with Crippen molar-refractivity contribution < 1.29 is 14.4 Å².